The second-order valence-electron chi connectivity index (χ2n) is 7.64. The van der Waals surface area contributed by atoms with Crippen LogP contribution in [0.15, 0.2) is 18.2 Å². The lowest BCUT2D eigenvalue weighted by molar-refractivity contribution is 0.154. The number of carboxylic acid groups (broad SMARTS) is 1. The average Bonchev–Trinajstić information content (AvgIpc) is 3.15. The van der Waals surface area contributed by atoms with Crippen molar-refractivity contribution in [2.45, 2.75) is 52.1 Å². The summed E-state index contributed by atoms with van der Waals surface area (Å²) in [5.74, 6) is 0.703. The van der Waals surface area contributed by atoms with Crippen molar-refractivity contribution >= 4 is 35.1 Å². The van der Waals surface area contributed by atoms with Crippen molar-refractivity contribution < 1.29 is 9.90 Å². The number of likely N-dealkylation sites (tertiary alicyclic amines) is 1. The number of amides is 1. The lowest BCUT2D eigenvalue weighted by Crippen LogP contribution is -2.43. The van der Waals surface area contributed by atoms with Crippen LogP contribution >= 0.6 is 23.2 Å². The van der Waals surface area contributed by atoms with Gasteiger partial charge < -0.3 is 20.6 Å². The molecule has 31 heavy (non-hydrogen) atoms. The van der Waals surface area contributed by atoms with E-state index in [4.69, 9.17) is 33.2 Å². The number of hydrogen-bond donors (Lipinski definition) is 3. The van der Waals surface area contributed by atoms with E-state index in [-0.39, 0.29) is 12.1 Å². The van der Waals surface area contributed by atoms with E-state index in [0.29, 0.717) is 41.8 Å². The highest BCUT2D eigenvalue weighted by Gasteiger charge is 2.35. The smallest absolute Gasteiger partial charge is 0.407 e. The summed E-state index contributed by atoms with van der Waals surface area (Å²) in [7, 11) is 0. The zero-order chi connectivity index (χ0) is 22.5. The SMILES string of the molecule is CCCN[C@H]1CN(C(=O)O)C[C@H]1Nc1nc(CC)c(-c2ccc(Cl)cc2Cl)nc1CC. The van der Waals surface area contributed by atoms with Crippen LogP contribution in [0.2, 0.25) is 10.0 Å². The quantitative estimate of drug-likeness (QED) is 0.522. The third kappa shape index (κ3) is 5.40. The molecule has 0 unspecified atom stereocenters. The number of carbonyl (C=O) groups is 1. The van der Waals surface area contributed by atoms with E-state index < -0.39 is 6.09 Å². The summed E-state index contributed by atoms with van der Waals surface area (Å²) in [4.78, 5) is 22.8. The summed E-state index contributed by atoms with van der Waals surface area (Å²) in [6.45, 7) is 7.82. The Morgan fingerprint density at radius 3 is 2.45 bits per heavy atom. The van der Waals surface area contributed by atoms with Crippen molar-refractivity contribution in [1.82, 2.24) is 20.2 Å². The number of aromatic nitrogens is 2. The highest BCUT2D eigenvalue weighted by Crippen LogP contribution is 2.32. The molecule has 1 fully saturated rings. The zero-order valence-electron chi connectivity index (χ0n) is 18.1. The van der Waals surface area contributed by atoms with Gasteiger partial charge in [-0.05, 0) is 44.0 Å². The third-order valence-electron chi connectivity index (χ3n) is 5.47. The minimum atomic E-state index is -0.906. The first kappa shape index (κ1) is 23.6. The molecular weight excluding hydrogens is 437 g/mol. The van der Waals surface area contributed by atoms with Gasteiger partial charge in [0.2, 0.25) is 0 Å². The van der Waals surface area contributed by atoms with Gasteiger partial charge in [0.15, 0.2) is 0 Å². The van der Waals surface area contributed by atoms with Crippen LogP contribution in [0.25, 0.3) is 11.3 Å². The molecule has 0 aliphatic carbocycles. The van der Waals surface area contributed by atoms with Gasteiger partial charge in [-0.2, -0.15) is 0 Å². The number of anilines is 1. The van der Waals surface area contributed by atoms with Crippen LogP contribution in [0.4, 0.5) is 10.6 Å². The van der Waals surface area contributed by atoms with E-state index in [1.807, 2.05) is 19.9 Å². The molecule has 7 nitrogen and oxygen atoms in total. The van der Waals surface area contributed by atoms with Crippen molar-refractivity contribution in [1.29, 1.82) is 0 Å². The second kappa shape index (κ2) is 10.5. The lowest BCUT2D eigenvalue weighted by Gasteiger charge is -2.23. The van der Waals surface area contributed by atoms with E-state index >= 15 is 0 Å². The molecular formula is C22H29Cl2N5O2. The van der Waals surface area contributed by atoms with Gasteiger partial charge in [-0.3, -0.25) is 0 Å². The average molecular weight is 466 g/mol. The number of aryl methyl sites for hydroxylation is 2. The Kier molecular flexibility index (Phi) is 7.97. The van der Waals surface area contributed by atoms with Gasteiger partial charge in [-0.25, -0.2) is 14.8 Å². The predicted octanol–water partition coefficient (Wildman–Crippen LogP) is 4.72. The van der Waals surface area contributed by atoms with Gasteiger partial charge in [0.1, 0.15) is 5.82 Å². The Morgan fingerprint density at radius 2 is 1.84 bits per heavy atom. The molecule has 2 atom stereocenters. The second-order valence-corrected chi connectivity index (χ2v) is 8.49. The summed E-state index contributed by atoms with van der Waals surface area (Å²) in [5, 5.41) is 17.5. The molecule has 0 saturated carbocycles. The Balaban J connectivity index is 1.94. The maximum Gasteiger partial charge on any atom is 0.407 e. The molecule has 2 heterocycles. The summed E-state index contributed by atoms with van der Waals surface area (Å²) in [6, 6.07) is 5.30. The molecule has 9 heteroatoms. The van der Waals surface area contributed by atoms with Crippen LogP contribution in [0, 0.1) is 0 Å². The molecule has 0 radical (unpaired) electrons. The number of nitrogens with zero attached hydrogens (tertiary/aromatic N) is 3. The molecule has 1 aromatic carbocycles. The molecule has 1 saturated heterocycles. The lowest BCUT2D eigenvalue weighted by atomic mass is 10.1. The van der Waals surface area contributed by atoms with Gasteiger partial charge in [0.25, 0.3) is 0 Å². The number of halogens is 2. The van der Waals surface area contributed by atoms with Crippen LogP contribution in [-0.2, 0) is 12.8 Å². The Labute approximate surface area is 193 Å². The Morgan fingerprint density at radius 1 is 1.13 bits per heavy atom. The topological polar surface area (TPSA) is 90.4 Å². The minimum Gasteiger partial charge on any atom is -0.465 e. The van der Waals surface area contributed by atoms with Crippen molar-refractivity contribution in [3.05, 3.63) is 39.6 Å². The first-order chi connectivity index (χ1) is 14.9. The largest absolute Gasteiger partial charge is 0.465 e. The van der Waals surface area contributed by atoms with Crippen molar-refractivity contribution in [2.24, 2.45) is 0 Å². The molecule has 3 N–H and O–H groups in total. The fourth-order valence-electron chi connectivity index (χ4n) is 3.83. The van der Waals surface area contributed by atoms with Gasteiger partial charge in [0, 0.05) is 29.7 Å². The zero-order valence-corrected chi connectivity index (χ0v) is 19.6. The van der Waals surface area contributed by atoms with E-state index in [1.165, 1.54) is 4.90 Å². The number of benzene rings is 1. The van der Waals surface area contributed by atoms with E-state index in [0.717, 1.165) is 35.6 Å². The minimum absolute atomic E-state index is 0.0121. The molecule has 1 aliphatic heterocycles. The van der Waals surface area contributed by atoms with Crippen LogP contribution in [0.1, 0.15) is 38.6 Å². The van der Waals surface area contributed by atoms with Gasteiger partial charge in [0.05, 0.1) is 28.1 Å². The highest BCUT2D eigenvalue weighted by molar-refractivity contribution is 6.36. The van der Waals surface area contributed by atoms with E-state index in [2.05, 4.69) is 17.6 Å². The first-order valence-electron chi connectivity index (χ1n) is 10.7. The van der Waals surface area contributed by atoms with E-state index in [1.54, 1.807) is 12.1 Å². The third-order valence-corrected chi connectivity index (χ3v) is 6.01. The monoisotopic (exact) mass is 465 g/mol. The summed E-state index contributed by atoms with van der Waals surface area (Å²) in [5.41, 5.74) is 3.21. The fraction of sp³-hybridized carbons (Fsp3) is 0.500. The molecule has 3 rings (SSSR count). The molecule has 168 valence electrons. The number of hydrogen-bond acceptors (Lipinski definition) is 5. The molecule has 0 bridgehead atoms. The standard InChI is InChI=1S/C22H29Cl2N5O2/c1-4-9-25-18-11-29(22(30)31)12-19(18)28-21-17(6-3)26-20(16(5-2)27-21)14-8-7-13(23)10-15(14)24/h7-8,10,18-19,25H,4-6,9,11-12H2,1-3H3,(H,27,28)(H,30,31)/t18-,19+/m0/s1. The molecule has 1 amide bonds. The molecule has 2 aromatic rings. The van der Waals surface area contributed by atoms with Crippen LogP contribution in [-0.4, -0.2) is 57.8 Å². The van der Waals surface area contributed by atoms with Gasteiger partial charge in [-0.1, -0.05) is 44.0 Å². The molecule has 1 aliphatic rings. The van der Waals surface area contributed by atoms with Crippen molar-refractivity contribution in [2.75, 3.05) is 25.0 Å². The highest BCUT2D eigenvalue weighted by atomic mass is 35.5. The van der Waals surface area contributed by atoms with E-state index in [9.17, 15) is 9.90 Å². The van der Waals surface area contributed by atoms with Gasteiger partial charge in [-0.15, -0.1) is 0 Å². The van der Waals surface area contributed by atoms with Crippen molar-refractivity contribution in [3.8, 4) is 11.3 Å². The van der Waals surface area contributed by atoms with Crippen molar-refractivity contribution in [3.63, 3.8) is 0 Å². The summed E-state index contributed by atoms with van der Waals surface area (Å²) < 4.78 is 0. The number of rotatable bonds is 8. The maximum absolute atomic E-state index is 11.5. The fourth-order valence-corrected chi connectivity index (χ4v) is 4.33. The summed E-state index contributed by atoms with van der Waals surface area (Å²) in [6.07, 6.45) is 1.44. The Bertz CT molecular complexity index is 940. The van der Waals surface area contributed by atoms with Crippen LogP contribution < -0.4 is 10.6 Å². The normalized spacial score (nSPS) is 18.4. The molecule has 0 spiro atoms. The first-order valence-corrected chi connectivity index (χ1v) is 11.5. The Hall–Kier alpha value is -2.09. The van der Waals surface area contributed by atoms with Gasteiger partial charge >= 0.3 is 6.09 Å². The molecule has 1 aromatic heterocycles. The van der Waals surface area contributed by atoms with Crippen LogP contribution in [0.5, 0.6) is 0 Å². The number of nitrogens with one attached hydrogen (secondary N) is 2. The predicted molar refractivity (Wildman–Crippen MR) is 125 cm³/mol. The van der Waals surface area contributed by atoms with Crippen LogP contribution in [0.3, 0.4) is 0 Å². The maximum atomic E-state index is 11.5. The summed E-state index contributed by atoms with van der Waals surface area (Å²) >= 11 is 12.5.